The number of rotatable bonds is 3. The predicted molar refractivity (Wildman–Crippen MR) is 54.8 cm³/mol. The van der Waals surface area contributed by atoms with Gasteiger partial charge >= 0.3 is 0 Å². The van der Waals surface area contributed by atoms with Gasteiger partial charge in [-0.05, 0) is 32.0 Å². The molecule has 0 bridgehead atoms. The van der Waals surface area contributed by atoms with E-state index < -0.39 is 0 Å². The van der Waals surface area contributed by atoms with Gasteiger partial charge in [-0.2, -0.15) is 0 Å². The number of likely N-dealkylation sites (N-methyl/N-ethyl adjacent to an activating group) is 1. The molecular formula is C11H15NO2. The molecule has 1 atom stereocenters. The van der Waals surface area contributed by atoms with E-state index in [1.54, 1.807) is 0 Å². The van der Waals surface area contributed by atoms with Gasteiger partial charge in [0.15, 0.2) is 11.5 Å². The summed E-state index contributed by atoms with van der Waals surface area (Å²) >= 11 is 0. The van der Waals surface area contributed by atoms with Gasteiger partial charge in [0.2, 0.25) is 6.79 Å². The molecule has 0 fully saturated rings. The third kappa shape index (κ3) is 1.68. The predicted octanol–water partition coefficient (Wildman–Crippen LogP) is 1.57. The molecule has 1 aliphatic rings. The summed E-state index contributed by atoms with van der Waals surface area (Å²) in [4.78, 5) is 0. The van der Waals surface area contributed by atoms with E-state index in [1.165, 1.54) is 5.56 Å². The minimum Gasteiger partial charge on any atom is -0.454 e. The van der Waals surface area contributed by atoms with E-state index in [4.69, 9.17) is 9.47 Å². The van der Waals surface area contributed by atoms with Gasteiger partial charge < -0.3 is 14.8 Å². The van der Waals surface area contributed by atoms with E-state index in [-0.39, 0.29) is 0 Å². The quantitative estimate of drug-likeness (QED) is 0.790. The summed E-state index contributed by atoms with van der Waals surface area (Å²) < 4.78 is 10.7. The van der Waals surface area contributed by atoms with Crippen LogP contribution in [0.4, 0.5) is 0 Å². The summed E-state index contributed by atoms with van der Waals surface area (Å²) in [5.74, 6) is 1.78. The van der Waals surface area contributed by atoms with Gasteiger partial charge in [-0.25, -0.2) is 0 Å². The Morgan fingerprint density at radius 2 is 2.29 bits per heavy atom. The van der Waals surface area contributed by atoms with Crippen molar-refractivity contribution >= 4 is 0 Å². The second-order valence-corrected chi connectivity index (χ2v) is 3.54. The Morgan fingerprint density at radius 3 is 3.07 bits per heavy atom. The first kappa shape index (κ1) is 9.34. The summed E-state index contributed by atoms with van der Waals surface area (Å²) in [5, 5.41) is 3.21. The number of hydrogen-bond donors (Lipinski definition) is 1. The lowest BCUT2D eigenvalue weighted by molar-refractivity contribution is 0.173. The highest BCUT2D eigenvalue weighted by Crippen LogP contribution is 2.35. The monoisotopic (exact) mass is 193 g/mol. The third-order valence-corrected chi connectivity index (χ3v) is 2.50. The Bertz CT molecular complexity index is 325. The lowest BCUT2D eigenvalue weighted by Crippen LogP contribution is -2.23. The molecule has 1 heterocycles. The Balaban J connectivity index is 2.22. The number of ether oxygens (including phenoxy) is 2. The van der Waals surface area contributed by atoms with Crippen molar-refractivity contribution in [2.45, 2.75) is 19.4 Å². The molecule has 1 aliphatic heterocycles. The summed E-state index contributed by atoms with van der Waals surface area (Å²) in [7, 11) is 1.96. The second kappa shape index (κ2) is 3.88. The van der Waals surface area contributed by atoms with Crippen molar-refractivity contribution in [1.82, 2.24) is 5.32 Å². The molecule has 1 aromatic carbocycles. The highest BCUT2D eigenvalue weighted by atomic mass is 16.7. The van der Waals surface area contributed by atoms with Crippen LogP contribution >= 0.6 is 0 Å². The minimum absolute atomic E-state index is 0.348. The first-order chi connectivity index (χ1) is 6.81. The Hall–Kier alpha value is -1.22. The number of fused-ring (bicyclic) bond motifs is 1. The molecule has 0 unspecified atom stereocenters. The van der Waals surface area contributed by atoms with E-state index in [0.717, 1.165) is 17.9 Å². The molecule has 76 valence electrons. The number of hydrogen-bond acceptors (Lipinski definition) is 3. The second-order valence-electron chi connectivity index (χ2n) is 3.54. The van der Waals surface area contributed by atoms with E-state index in [2.05, 4.69) is 18.3 Å². The molecular weight excluding hydrogens is 178 g/mol. The Morgan fingerprint density at radius 1 is 1.43 bits per heavy atom. The molecule has 14 heavy (non-hydrogen) atoms. The van der Waals surface area contributed by atoms with Crippen molar-refractivity contribution in [3.05, 3.63) is 23.8 Å². The van der Waals surface area contributed by atoms with Crippen molar-refractivity contribution in [2.24, 2.45) is 0 Å². The van der Waals surface area contributed by atoms with Crippen LogP contribution < -0.4 is 14.8 Å². The Labute approximate surface area is 84.0 Å². The number of benzene rings is 1. The number of para-hydroxylation sites is 1. The largest absolute Gasteiger partial charge is 0.454 e. The summed E-state index contributed by atoms with van der Waals surface area (Å²) in [6.07, 6.45) is 0.961. The van der Waals surface area contributed by atoms with Crippen LogP contribution in [0.15, 0.2) is 18.2 Å². The fraction of sp³-hybridized carbons (Fsp3) is 0.455. The SMILES string of the molecule is CN[C@@H](C)Cc1cccc2c1OCO2. The molecule has 3 heteroatoms. The smallest absolute Gasteiger partial charge is 0.231 e. The van der Waals surface area contributed by atoms with Crippen LogP contribution in [-0.4, -0.2) is 19.9 Å². The first-order valence-electron chi connectivity index (χ1n) is 4.86. The van der Waals surface area contributed by atoms with Crippen LogP contribution in [0.25, 0.3) is 0 Å². The zero-order valence-corrected chi connectivity index (χ0v) is 8.54. The maximum absolute atomic E-state index is 5.42. The maximum atomic E-state index is 5.42. The molecule has 1 N–H and O–H groups in total. The van der Waals surface area contributed by atoms with Crippen molar-refractivity contribution in [1.29, 1.82) is 0 Å². The van der Waals surface area contributed by atoms with Crippen LogP contribution in [0.2, 0.25) is 0 Å². The fourth-order valence-corrected chi connectivity index (χ4v) is 1.58. The third-order valence-electron chi connectivity index (χ3n) is 2.50. The van der Waals surface area contributed by atoms with Crippen molar-refractivity contribution in [2.75, 3.05) is 13.8 Å². The van der Waals surface area contributed by atoms with Crippen LogP contribution in [0, 0.1) is 0 Å². The van der Waals surface area contributed by atoms with Crippen molar-refractivity contribution in [3.8, 4) is 11.5 Å². The van der Waals surface area contributed by atoms with Gasteiger partial charge in [-0.3, -0.25) is 0 Å². The first-order valence-corrected chi connectivity index (χ1v) is 4.86. The van der Waals surface area contributed by atoms with Crippen molar-refractivity contribution in [3.63, 3.8) is 0 Å². The lowest BCUT2D eigenvalue weighted by Gasteiger charge is -2.11. The molecule has 0 saturated heterocycles. The molecule has 0 amide bonds. The van der Waals surface area contributed by atoms with E-state index in [0.29, 0.717) is 12.8 Å². The molecule has 1 aromatic rings. The van der Waals surface area contributed by atoms with Gasteiger partial charge in [0, 0.05) is 6.04 Å². The molecule has 0 radical (unpaired) electrons. The maximum Gasteiger partial charge on any atom is 0.231 e. The topological polar surface area (TPSA) is 30.5 Å². The highest BCUT2D eigenvalue weighted by molar-refractivity contribution is 5.48. The molecule has 0 aromatic heterocycles. The van der Waals surface area contributed by atoms with Crippen molar-refractivity contribution < 1.29 is 9.47 Å². The van der Waals surface area contributed by atoms with Gasteiger partial charge in [0.05, 0.1) is 0 Å². The van der Waals surface area contributed by atoms with E-state index >= 15 is 0 Å². The summed E-state index contributed by atoms with van der Waals surface area (Å²) in [6, 6.07) is 6.48. The van der Waals surface area contributed by atoms with Crippen LogP contribution in [0.3, 0.4) is 0 Å². The van der Waals surface area contributed by atoms with E-state index in [1.807, 2.05) is 19.2 Å². The number of nitrogens with one attached hydrogen (secondary N) is 1. The zero-order valence-electron chi connectivity index (χ0n) is 8.54. The minimum atomic E-state index is 0.348. The normalized spacial score (nSPS) is 15.6. The summed E-state index contributed by atoms with van der Waals surface area (Å²) in [5.41, 5.74) is 1.21. The van der Waals surface area contributed by atoms with Gasteiger partial charge in [0.1, 0.15) is 0 Å². The lowest BCUT2D eigenvalue weighted by atomic mass is 10.1. The van der Waals surface area contributed by atoms with Crippen LogP contribution in [0.1, 0.15) is 12.5 Å². The van der Waals surface area contributed by atoms with Gasteiger partial charge in [-0.1, -0.05) is 12.1 Å². The van der Waals surface area contributed by atoms with E-state index in [9.17, 15) is 0 Å². The molecule has 0 aliphatic carbocycles. The van der Waals surface area contributed by atoms with Gasteiger partial charge in [0.25, 0.3) is 0 Å². The molecule has 2 rings (SSSR count). The van der Waals surface area contributed by atoms with Crippen LogP contribution in [-0.2, 0) is 6.42 Å². The average Bonchev–Trinajstić information content (AvgIpc) is 2.66. The Kier molecular flexibility index (Phi) is 2.59. The fourth-order valence-electron chi connectivity index (χ4n) is 1.58. The average molecular weight is 193 g/mol. The molecule has 0 saturated carbocycles. The summed E-state index contributed by atoms with van der Waals surface area (Å²) in [6.45, 7) is 2.50. The standard InChI is InChI=1S/C11H15NO2/c1-8(12-2)6-9-4-3-5-10-11(9)14-7-13-10/h3-5,8,12H,6-7H2,1-2H3/t8-/m0/s1. The molecule has 0 spiro atoms. The van der Waals surface area contributed by atoms with Gasteiger partial charge in [-0.15, -0.1) is 0 Å². The molecule has 3 nitrogen and oxygen atoms in total. The van der Waals surface area contributed by atoms with Crippen LogP contribution in [0.5, 0.6) is 11.5 Å². The highest BCUT2D eigenvalue weighted by Gasteiger charge is 2.17. The zero-order chi connectivity index (χ0) is 9.97.